The molecule has 0 unspecified atom stereocenters. The van der Waals surface area contributed by atoms with Crippen LogP contribution in [0.15, 0.2) is 70.7 Å². The van der Waals surface area contributed by atoms with Gasteiger partial charge >= 0.3 is 6.03 Å². The highest BCUT2D eigenvalue weighted by molar-refractivity contribution is 9.10. The molecule has 1 heterocycles. The van der Waals surface area contributed by atoms with Gasteiger partial charge in [-0.3, -0.25) is 14.9 Å². The zero-order chi connectivity index (χ0) is 25.1. The van der Waals surface area contributed by atoms with Gasteiger partial charge in [0.1, 0.15) is 23.7 Å². The van der Waals surface area contributed by atoms with E-state index in [9.17, 15) is 14.4 Å². The average molecular weight is 576 g/mol. The molecule has 0 atom stereocenters. The Hall–Kier alpha value is -3.33. The van der Waals surface area contributed by atoms with Crippen molar-refractivity contribution >= 4 is 68.7 Å². The minimum absolute atomic E-state index is 0.158. The predicted octanol–water partition coefficient (Wildman–Crippen LogP) is 6.01. The fourth-order valence-corrected chi connectivity index (χ4v) is 3.86. The molecule has 4 amide bonds. The number of amides is 4. The zero-order valence-corrected chi connectivity index (χ0v) is 21.3. The van der Waals surface area contributed by atoms with E-state index in [0.29, 0.717) is 17.1 Å². The van der Waals surface area contributed by atoms with Gasteiger partial charge in [-0.1, -0.05) is 51.3 Å². The van der Waals surface area contributed by atoms with Crippen molar-refractivity contribution in [1.82, 2.24) is 5.32 Å². The van der Waals surface area contributed by atoms with E-state index in [1.165, 1.54) is 31.4 Å². The summed E-state index contributed by atoms with van der Waals surface area (Å²) in [5.41, 5.74) is 1.28. The minimum atomic E-state index is -0.892. The van der Waals surface area contributed by atoms with E-state index >= 15 is 0 Å². The maximum absolute atomic E-state index is 13.2. The molecule has 0 radical (unpaired) electrons. The fourth-order valence-electron chi connectivity index (χ4n) is 3.30. The molecule has 0 bridgehead atoms. The Morgan fingerprint density at radius 1 is 0.971 bits per heavy atom. The van der Waals surface area contributed by atoms with Crippen LogP contribution in [0.2, 0.25) is 10.0 Å². The van der Waals surface area contributed by atoms with Gasteiger partial charge in [0, 0.05) is 16.1 Å². The standard InChI is InChI=1S/C25H17BrCl2N2O5/c1-34-18-8-4-15(22(12-18)35-13-14-2-5-16(26)6-3-14)10-19-23(31)29-25(33)30(24(19)32)17-7-9-20(27)21(28)11-17/h2-12H,13H2,1H3,(H,29,31,33)/b19-10+. The second-order valence-electron chi connectivity index (χ2n) is 7.38. The molecular weight excluding hydrogens is 559 g/mol. The first kappa shape index (κ1) is 24.8. The van der Waals surface area contributed by atoms with Crippen LogP contribution < -0.4 is 19.7 Å². The van der Waals surface area contributed by atoms with Crippen LogP contribution in [0.1, 0.15) is 11.1 Å². The van der Waals surface area contributed by atoms with Crippen molar-refractivity contribution in [2.45, 2.75) is 6.61 Å². The normalized spacial score (nSPS) is 14.8. The summed E-state index contributed by atoms with van der Waals surface area (Å²) in [6, 6.07) is 16.0. The molecule has 1 aliphatic heterocycles. The van der Waals surface area contributed by atoms with Crippen molar-refractivity contribution in [3.05, 3.63) is 91.9 Å². The number of nitrogens with one attached hydrogen (secondary N) is 1. The number of rotatable bonds is 6. The van der Waals surface area contributed by atoms with E-state index in [2.05, 4.69) is 21.2 Å². The van der Waals surface area contributed by atoms with Crippen LogP contribution >= 0.6 is 39.1 Å². The molecule has 1 aliphatic rings. The quantitative estimate of drug-likeness (QED) is 0.287. The number of barbiturate groups is 1. The molecule has 35 heavy (non-hydrogen) atoms. The molecule has 0 aliphatic carbocycles. The van der Waals surface area contributed by atoms with Gasteiger partial charge < -0.3 is 9.47 Å². The van der Waals surface area contributed by atoms with Crippen molar-refractivity contribution in [1.29, 1.82) is 0 Å². The Kier molecular flexibility index (Phi) is 7.45. The van der Waals surface area contributed by atoms with Crippen LogP contribution in [0.5, 0.6) is 11.5 Å². The van der Waals surface area contributed by atoms with Gasteiger partial charge in [-0.05, 0) is 54.1 Å². The lowest BCUT2D eigenvalue weighted by Gasteiger charge is -2.26. The van der Waals surface area contributed by atoms with E-state index in [-0.39, 0.29) is 27.9 Å². The maximum Gasteiger partial charge on any atom is 0.335 e. The number of urea groups is 1. The number of hydrogen-bond donors (Lipinski definition) is 1. The van der Waals surface area contributed by atoms with E-state index in [1.807, 2.05) is 24.3 Å². The summed E-state index contributed by atoms with van der Waals surface area (Å²) in [5.74, 6) is -0.721. The molecule has 178 valence electrons. The number of benzene rings is 3. The van der Waals surface area contributed by atoms with Gasteiger partial charge in [0.05, 0.1) is 22.8 Å². The average Bonchev–Trinajstić information content (AvgIpc) is 2.84. The molecular formula is C25H17BrCl2N2O5. The number of anilines is 1. The SMILES string of the molecule is COc1ccc(/C=C2\C(=O)NC(=O)N(c3ccc(Cl)c(Cl)c3)C2=O)c(OCc2ccc(Br)cc2)c1. The summed E-state index contributed by atoms with van der Waals surface area (Å²) < 4.78 is 12.2. The molecule has 4 rings (SSSR count). The first-order chi connectivity index (χ1) is 16.8. The summed E-state index contributed by atoms with van der Waals surface area (Å²) in [6.45, 7) is 0.241. The van der Waals surface area contributed by atoms with Crippen LogP contribution in [0.3, 0.4) is 0 Å². The lowest BCUT2D eigenvalue weighted by atomic mass is 10.1. The van der Waals surface area contributed by atoms with Gasteiger partial charge in [0.15, 0.2) is 0 Å². The highest BCUT2D eigenvalue weighted by atomic mass is 79.9. The van der Waals surface area contributed by atoms with Gasteiger partial charge in [-0.2, -0.15) is 0 Å². The molecule has 0 saturated carbocycles. The number of carbonyl (C=O) groups is 3. The third-order valence-corrected chi connectivity index (χ3v) is 6.36. The number of carbonyl (C=O) groups excluding carboxylic acids is 3. The Bertz CT molecular complexity index is 1360. The van der Waals surface area contributed by atoms with Crippen LogP contribution in [0, 0.1) is 0 Å². The minimum Gasteiger partial charge on any atom is -0.497 e. The van der Waals surface area contributed by atoms with Gasteiger partial charge in [-0.25, -0.2) is 9.69 Å². The molecule has 7 nitrogen and oxygen atoms in total. The van der Waals surface area contributed by atoms with Crippen molar-refractivity contribution in [2.24, 2.45) is 0 Å². The summed E-state index contributed by atoms with van der Waals surface area (Å²) in [4.78, 5) is 39.1. The molecule has 10 heteroatoms. The highest BCUT2D eigenvalue weighted by Crippen LogP contribution is 2.31. The van der Waals surface area contributed by atoms with E-state index in [4.69, 9.17) is 32.7 Å². The number of nitrogens with zero attached hydrogens (tertiary/aromatic N) is 1. The number of methoxy groups -OCH3 is 1. The van der Waals surface area contributed by atoms with Crippen molar-refractivity contribution in [3.8, 4) is 11.5 Å². The molecule has 0 aromatic heterocycles. The molecule has 0 spiro atoms. The Balaban J connectivity index is 1.68. The highest BCUT2D eigenvalue weighted by Gasteiger charge is 2.37. The van der Waals surface area contributed by atoms with Gasteiger partial charge in [0.25, 0.3) is 11.8 Å². The summed E-state index contributed by atoms with van der Waals surface area (Å²) in [6.07, 6.45) is 1.37. The summed E-state index contributed by atoms with van der Waals surface area (Å²) in [5, 5.41) is 2.60. The second kappa shape index (κ2) is 10.5. The van der Waals surface area contributed by atoms with Crippen molar-refractivity contribution in [2.75, 3.05) is 12.0 Å². The zero-order valence-electron chi connectivity index (χ0n) is 18.2. The molecule has 1 N–H and O–H groups in total. The molecule has 3 aromatic carbocycles. The Labute approximate surface area is 219 Å². The summed E-state index contributed by atoms with van der Waals surface area (Å²) >= 11 is 15.4. The third kappa shape index (κ3) is 5.51. The topological polar surface area (TPSA) is 84.9 Å². The molecule has 1 saturated heterocycles. The lowest BCUT2D eigenvalue weighted by Crippen LogP contribution is -2.54. The maximum atomic E-state index is 13.2. The largest absolute Gasteiger partial charge is 0.497 e. The Morgan fingerprint density at radius 2 is 1.71 bits per heavy atom. The van der Waals surface area contributed by atoms with Crippen LogP contribution in [-0.2, 0) is 16.2 Å². The predicted molar refractivity (Wildman–Crippen MR) is 137 cm³/mol. The molecule has 3 aromatic rings. The van der Waals surface area contributed by atoms with E-state index in [0.717, 1.165) is 14.9 Å². The smallest absolute Gasteiger partial charge is 0.335 e. The monoisotopic (exact) mass is 574 g/mol. The van der Waals surface area contributed by atoms with Crippen LogP contribution in [-0.4, -0.2) is 25.0 Å². The fraction of sp³-hybridized carbons (Fsp3) is 0.0800. The van der Waals surface area contributed by atoms with Crippen molar-refractivity contribution in [3.63, 3.8) is 0 Å². The number of hydrogen-bond acceptors (Lipinski definition) is 5. The first-order valence-electron chi connectivity index (χ1n) is 10.2. The van der Waals surface area contributed by atoms with Crippen molar-refractivity contribution < 1.29 is 23.9 Å². The first-order valence-corrected chi connectivity index (χ1v) is 11.7. The molecule has 1 fully saturated rings. The van der Waals surface area contributed by atoms with Gasteiger partial charge in [-0.15, -0.1) is 0 Å². The second-order valence-corrected chi connectivity index (χ2v) is 9.11. The van der Waals surface area contributed by atoms with E-state index in [1.54, 1.807) is 18.2 Å². The van der Waals surface area contributed by atoms with Gasteiger partial charge in [0.2, 0.25) is 0 Å². The Morgan fingerprint density at radius 3 is 2.40 bits per heavy atom. The number of ether oxygens (including phenoxy) is 2. The van der Waals surface area contributed by atoms with Crippen LogP contribution in [0.25, 0.3) is 6.08 Å². The lowest BCUT2D eigenvalue weighted by molar-refractivity contribution is -0.122. The summed E-state index contributed by atoms with van der Waals surface area (Å²) in [7, 11) is 1.52. The van der Waals surface area contributed by atoms with Crippen LogP contribution in [0.4, 0.5) is 10.5 Å². The third-order valence-electron chi connectivity index (χ3n) is 5.09. The number of imide groups is 2. The van der Waals surface area contributed by atoms with E-state index < -0.39 is 17.8 Å². The number of halogens is 3.